The first kappa shape index (κ1) is 20.7. The van der Waals surface area contributed by atoms with Gasteiger partial charge in [0.1, 0.15) is 15.8 Å². The fourth-order valence-corrected chi connectivity index (χ4v) is 4.99. The second-order valence-electron chi connectivity index (χ2n) is 6.92. The van der Waals surface area contributed by atoms with E-state index < -0.39 is 5.97 Å². The number of hydrogen-bond donors (Lipinski definition) is 2. The molecule has 2 N–H and O–H groups in total. The SMILES string of the molecule is COc1cc(C(=O)O)ccc1NSc1csc(-c2ccc(C3CCOCC3)cc2)n1. The first-order chi connectivity index (χ1) is 14.6. The number of benzene rings is 2. The lowest BCUT2D eigenvalue weighted by Crippen LogP contribution is -2.13. The van der Waals surface area contributed by atoms with Crippen molar-refractivity contribution in [3.05, 3.63) is 59.0 Å². The van der Waals surface area contributed by atoms with Crippen molar-refractivity contribution in [1.82, 2.24) is 4.98 Å². The van der Waals surface area contributed by atoms with Crippen LogP contribution in [0.15, 0.2) is 52.9 Å². The molecule has 0 unspecified atom stereocenters. The van der Waals surface area contributed by atoms with Gasteiger partial charge in [-0.3, -0.25) is 0 Å². The molecule has 1 saturated heterocycles. The van der Waals surface area contributed by atoms with E-state index in [9.17, 15) is 4.79 Å². The second kappa shape index (κ2) is 9.51. The summed E-state index contributed by atoms with van der Waals surface area (Å²) in [6, 6.07) is 13.4. The van der Waals surface area contributed by atoms with Crippen LogP contribution in [0.5, 0.6) is 5.75 Å². The van der Waals surface area contributed by atoms with E-state index >= 15 is 0 Å². The van der Waals surface area contributed by atoms with E-state index in [1.807, 2.05) is 5.38 Å². The van der Waals surface area contributed by atoms with Gasteiger partial charge in [-0.25, -0.2) is 9.78 Å². The van der Waals surface area contributed by atoms with Gasteiger partial charge in [0.05, 0.1) is 18.4 Å². The van der Waals surface area contributed by atoms with Crippen LogP contribution < -0.4 is 9.46 Å². The predicted octanol–water partition coefficient (Wildman–Crippen LogP) is 5.53. The second-order valence-corrected chi connectivity index (χ2v) is 8.61. The molecule has 1 aliphatic rings. The first-order valence-electron chi connectivity index (χ1n) is 9.62. The van der Waals surface area contributed by atoms with E-state index in [2.05, 4.69) is 29.0 Å². The van der Waals surface area contributed by atoms with E-state index in [0.29, 0.717) is 17.4 Å². The Balaban J connectivity index is 1.41. The van der Waals surface area contributed by atoms with E-state index in [0.717, 1.165) is 41.7 Å². The third-order valence-electron chi connectivity index (χ3n) is 5.05. The van der Waals surface area contributed by atoms with Crippen LogP contribution in [0.4, 0.5) is 5.69 Å². The fourth-order valence-electron chi connectivity index (χ4n) is 3.38. The van der Waals surface area contributed by atoms with Crippen molar-refractivity contribution < 1.29 is 19.4 Å². The van der Waals surface area contributed by atoms with Crippen LogP contribution >= 0.6 is 23.3 Å². The van der Waals surface area contributed by atoms with Crippen molar-refractivity contribution in [2.45, 2.75) is 23.8 Å². The van der Waals surface area contributed by atoms with Gasteiger partial charge in [0.2, 0.25) is 0 Å². The maximum Gasteiger partial charge on any atom is 0.335 e. The van der Waals surface area contributed by atoms with E-state index in [1.54, 1.807) is 23.5 Å². The zero-order valence-electron chi connectivity index (χ0n) is 16.5. The highest BCUT2D eigenvalue weighted by Crippen LogP contribution is 2.34. The summed E-state index contributed by atoms with van der Waals surface area (Å²) in [5.74, 6) is 0.0722. The van der Waals surface area contributed by atoms with Crippen LogP contribution in [-0.2, 0) is 4.74 Å². The molecule has 0 spiro atoms. The van der Waals surface area contributed by atoms with Crippen LogP contribution in [0.2, 0.25) is 0 Å². The van der Waals surface area contributed by atoms with Crippen molar-refractivity contribution in [3.8, 4) is 16.3 Å². The largest absolute Gasteiger partial charge is 0.495 e. The molecule has 1 fully saturated rings. The van der Waals surface area contributed by atoms with Gasteiger partial charge in [0.15, 0.2) is 0 Å². The molecule has 4 rings (SSSR count). The molecule has 0 radical (unpaired) electrons. The number of rotatable bonds is 7. The minimum absolute atomic E-state index is 0.183. The highest BCUT2D eigenvalue weighted by Gasteiger charge is 2.16. The number of carboxylic acids is 1. The summed E-state index contributed by atoms with van der Waals surface area (Å²) >= 11 is 2.96. The summed E-state index contributed by atoms with van der Waals surface area (Å²) in [4.78, 5) is 15.8. The number of aromatic carboxylic acids is 1. The van der Waals surface area contributed by atoms with E-state index in [1.165, 1.54) is 30.7 Å². The van der Waals surface area contributed by atoms with Gasteiger partial charge in [-0.2, -0.15) is 0 Å². The van der Waals surface area contributed by atoms with Crippen molar-refractivity contribution in [3.63, 3.8) is 0 Å². The van der Waals surface area contributed by atoms with Crippen molar-refractivity contribution in [2.24, 2.45) is 0 Å². The molecule has 0 bridgehead atoms. The van der Waals surface area contributed by atoms with Gasteiger partial charge in [0.25, 0.3) is 0 Å². The third kappa shape index (κ3) is 4.77. The number of anilines is 1. The molecule has 3 aromatic rings. The summed E-state index contributed by atoms with van der Waals surface area (Å²) in [7, 11) is 1.52. The molecule has 0 amide bonds. The summed E-state index contributed by atoms with van der Waals surface area (Å²) in [6.07, 6.45) is 2.17. The number of thiazole rings is 1. The number of aromatic nitrogens is 1. The maximum absolute atomic E-state index is 11.1. The van der Waals surface area contributed by atoms with Gasteiger partial charge in [-0.15, -0.1) is 11.3 Å². The standard InChI is InChI=1S/C22H22N2O4S2/c1-27-19-12-17(22(25)26)6-7-18(19)24-30-20-13-29-21(23-20)16-4-2-14(3-5-16)15-8-10-28-11-9-15/h2-7,12-13,15,24H,8-11H2,1H3,(H,25,26). The maximum atomic E-state index is 11.1. The van der Waals surface area contributed by atoms with Crippen LogP contribution in [0, 0.1) is 0 Å². The zero-order chi connectivity index (χ0) is 20.9. The number of ether oxygens (including phenoxy) is 2. The van der Waals surface area contributed by atoms with Gasteiger partial charge in [0, 0.05) is 36.1 Å². The monoisotopic (exact) mass is 442 g/mol. The zero-order valence-corrected chi connectivity index (χ0v) is 18.1. The van der Waals surface area contributed by atoms with Gasteiger partial charge >= 0.3 is 5.97 Å². The normalized spacial score (nSPS) is 14.4. The quantitative estimate of drug-likeness (QED) is 0.466. The Labute approximate surface area is 183 Å². The summed E-state index contributed by atoms with van der Waals surface area (Å²) in [6.45, 7) is 1.69. The molecule has 2 aromatic carbocycles. The summed E-state index contributed by atoms with van der Waals surface area (Å²) < 4.78 is 13.9. The van der Waals surface area contributed by atoms with Gasteiger partial charge in [-0.1, -0.05) is 24.3 Å². The Bertz CT molecular complexity index is 1010. The number of carbonyl (C=O) groups is 1. The molecule has 1 aliphatic heterocycles. The minimum Gasteiger partial charge on any atom is -0.495 e. The lowest BCUT2D eigenvalue weighted by Gasteiger charge is -2.22. The molecule has 6 nitrogen and oxygen atoms in total. The number of hydrogen-bond acceptors (Lipinski definition) is 7. The van der Waals surface area contributed by atoms with Crippen LogP contribution in [0.3, 0.4) is 0 Å². The minimum atomic E-state index is -0.987. The molecular formula is C22H22N2O4S2. The molecule has 8 heteroatoms. The van der Waals surface area contributed by atoms with Crippen molar-refractivity contribution >= 4 is 34.9 Å². The van der Waals surface area contributed by atoms with E-state index in [4.69, 9.17) is 19.6 Å². The highest BCUT2D eigenvalue weighted by molar-refractivity contribution is 8.00. The Morgan fingerprint density at radius 3 is 2.70 bits per heavy atom. The number of carboxylic acid groups (broad SMARTS) is 1. The topological polar surface area (TPSA) is 80.7 Å². The number of methoxy groups -OCH3 is 1. The first-order valence-corrected chi connectivity index (χ1v) is 11.3. The molecule has 0 saturated carbocycles. The van der Waals surface area contributed by atoms with E-state index in [-0.39, 0.29) is 5.56 Å². The van der Waals surface area contributed by atoms with Crippen molar-refractivity contribution in [1.29, 1.82) is 0 Å². The molecule has 156 valence electrons. The lowest BCUT2D eigenvalue weighted by atomic mass is 9.91. The number of nitrogens with zero attached hydrogens (tertiary/aromatic N) is 1. The molecular weight excluding hydrogens is 420 g/mol. The third-order valence-corrected chi connectivity index (χ3v) is 6.83. The molecule has 30 heavy (non-hydrogen) atoms. The Hall–Kier alpha value is -2.55. The van der Waals surface area contributed by atoms with Gasteiger partial charge in [-0.05, 0) is 42.5 Å². The Morgan fingerprint density at radius 2 is 2.00 bits per heavy atom. The molecule has 1 aromatic heterocycles. The fraction of sp³-hybridized carbons (Fsp3) is 0.273. The number of nitrogens with one attached hydrogen (secondary N) is 1. The van der Waals surface area contributed by atoms with Crippen molar-refractivity contribution in [2.75, 3.05) is 25.0 Å². The van der Waals surface area contributed by atoms with Gasteiger partial charge < -0.3 is 19.3 Å². The molecule has 2 heterocycles. The van der Waals surface area contributed by atoms with Crippen LogP contribution in [0.1, 0.15) is 34.7 Å². The smallest absolute Gasteiger partial charge is 0.335 e. The molecule has 0 atom stereocenters. The Morgan fingerprint density at radius 1 is 1.23 bits per heavy atom. The molecule has 0 aliphatic carbocycles. The highest BCUT2D eigenvalue weighted by atomic mass is 32.2. The average Bonchev–Trinajstić information content (AvgIpc) is 3.27. The lowest BCUT2D eigenvalue weighted by molar-refractivity contribution is 0.0696. The summed E-state index contributed by atoms with van der Waals surface area (Å²) in [5, 5.41) is 12.9. The Kier molecular flexibility index (Phi) is 6.56. The average molecular weight is 443 g/mol. The van der Waals surface area contributed by atoms with Crippen LogP contribution in [-0.4, -0.2) is 36.4 Å². The summed E-state index contributed by atoms with van der Waals surface area (Å²) in [5.41, 5.74) is 3.35. The van der Waals surface area contributed by atoms with Crippen LogP contribution in [0.25, 0.3) is 10.6 Å². The predicted molar refractivity (Wildman–Crippen MR) is 120 cm³/mol.